The number of hydrogen-bond donors (Lipinski definition) is 2. The highest BCUT2D eigenvalue weighted by Gasteiger charge is 2.19. The molecule has 0 aromatic carbocycles. The Morgan fingerprint density at radius 2 is 2.09 bits per heavy atom. The molecule has 60 valence electrons. The Balaban J connectivity index is 3.14. The van der Waals surface area contributed by atoms with E-state index in [0.29, 0.717) is 5.56 Å². The molecule has 0 aliphatic rings. The lowest BCUT2D eigenvalue weighted by Crippen LogP contribution is -2.15. The van der Waals surface area contributed by atoms with Gasteiger partial charge in [-0.15, -0.1) is 0 Å². The second-order valence-corrected chi connectivity index (χ2v) is 2.95. The van der Waals surface area contributed by atoms with E-state index in [4.69, 9.17) is 0 Å². The van der Waals surface area contributed by atoms with Crippen LogP contribution >= 0.6 is 0 Å². The lowest BCUT2D eigenvalue weighted by molar-refractivity contribution is 0.0757. The van der Waals surface area contributed by atoms with E-state index in [1.165, 1.54) is 12.4 Å². The summed E-state index contributed by atoms with van der Waals surface area (Å²) in [5.74, 6) is 0.0278. The number of nitrogens with zero attached hydrogens (tertiary/aromatic N) is 1. The van der Waals surface area contributed by atoms with E-state index in [9.17, 15) is 10.2 Å². The molecule has 0 saturated heterocycles. The van der Waals surface area contributed by atoms with E-state index in [-0.39, 0.29) is 5.75 Å². The van der Waals surface area contributed by atoms with Gasteiger partial charge in [-0.25, -0.2) is 0 Å². The first-order valence-electron chi connectivity index (χ1n) is 3.37. The number of aromatic hydroxyl groups is 1. The van der Waals surface area contributed by atoms with Gasteiger partial charge in [-0.2, -0.15) is 0 Å². The highest BCUT2D eigenvalue weighted by molar-refractivity contribution is 5.32. The largest absolute Gasteiger partial charge is 0.506 e. The summed E-state index contributed by atoms with van der Waals surface area (Å²) in [4.78, 5) is 3.70. The zero-order valence-corrected chi connectivity index (χ0v) is 6.57. The molecule has 1 aromatic rings. The number of aliphatic hydroxyl groups is 1. The van der Waals surface area contributed by atoms with E-state index in [0.717, 1.165) is 0 Å². The summed E-state index contributed by atoms with van der Waals surface area (Å²) in [6.07, 6.45) is 2.85. The Hall–Kier alpha value is -1.09. The molecule has 3 heteroatoms. The monoisotopic (exact) mass is 153 g/mol. The van der Waals surface area contributed by atoms with Crippen LogP contribution in [0.2, 0.25) is 0 Å². The van der Waals surface area contributed by atoms with Gasteiger partial charge in [0.1, 0.15) is 5.75 Å². The van der Waals surface area contributed by atoms with E-state index >= 15 is 0 Å². The van der Waals surface area contributed by atoms with Crippen LogP contribution in [-0.4, -0.2) is 15.2 Å². The summed E-state index contributed by atoms with van der Waals surface area (Å²) >= 11 is 0. The van der Waals surface area contributed by atoms with Crippen LogP contribution in [0.3, 0.4) is 0 Å². The van der Waals surface area contributed by atoms with Crippen molar-refractivity contribution in [3.8, 4) is 5.75 Å². The van der Waals surface area contributed by atoms with Crippen LogP contribution in [0.1, 0.15) is 19.4 Å². The van der Waals surface area contributed by atoms with Crippen molar-refractivity contribution in [3.63, 3.8) is 0 Å². The maximum Gasteiger partial charge on any atom is 0.139 e. The Bertz CT molecular complexity index is 253. The second-order valence-electron chi connectivity index (χ2n) is 2.95. The highest BCUT2D eigenvalue weighted by Crippen LogP contribution is 2.26. The highest BCUT2D eigenvalue weighted by atomic mass is 16.3. The quantitative estimate of drug-likeness (QED) is 0.633. The minimum atomic E-state index is -1.01. The van der Waals surface area contributed by atoms with Gasteiger partial charge in [0.05, 0.1) is 11.8 Å². The molecule has 0 radical (unpaired) electrons. The summed E-state index contributed by atoms with van der Waals surface area (Å²) in [6.45, 7) is 3.23. The zero-order valence-electron chi connectivity index (χ0n) is 6.57. The van der Waals surface area contributed by atoms with E-state index in [2.05, 4.69) is 4.98 Å². The standard InChI is InChI=1S/C8H11NO2/c1-8(2,11)6-3-4-9-5-7(6)10/h3-5,10-11H,1-2H3. The van der Waals surface area contributed by atoms with Crippen molar-refractivity contribution in [2.24, 2.45) is 0 Å². The molecule has 0 bridgehead atoms. The van der Waals surface area contributed by atoms with Gasteiger partial charge in [0.15, 0.2) is 0 Å². The molecule has 0 amide bonds. The molecule has 1 aromatic heterocycles. The molecule has 0 saturated carbocycles. The summed E-state index contributed by atoms with van der Waals surface area (Å²) in [7, 11) is 0. The first-order chi connectivity index (χ1) is 5.02. The minimum absolute atomic E-state index is 0.0278. The Labute approximate surface area is 65.3 Å². The fourth-order valence-electron chi connectivity index (χ4n) is 0.903. The number of aromatic nitrogens is 1. The molecule has 0 aliphatic carbocycles. The van der Waals surface area contributed by atoms with Crippen molar-refractivity contribution < 1.29 is 10.2 Å². The average Bonchev–Trinajstić information content (AvgIpc) is 1.86. The van der Waals surface area contributed by atoms with Crippen molar-refractivity contribution in [1.82, 2.24) is 4.98 Å². The molecule has 2 N–H and O–H groups in total. The number of hydrogen-bond acceptors (Lipinski definition) is 3. The topological polar surface area (TPSA) is 53.4 Å². The molecule has 0 spiro atoms. The lowest BCUT2D eigenvalue weighted by Gasteiger charge is -2.17. The molecular weight excluding hydrogens is 142 g/mol. The average molecular weight is 153 g/mol. The van der Waals surface area contributed by atoms with Gasteiger partial charge in [0.25, 0.3) is 0 Å². The smallest absolute Gasteiger partial charge is 0.139 e. The molecular formula is C8H11NO2. The Morgan fingerprint density at radius 1 is 1.45 bits per heavy atom. The van der Waals surface area contributed by atoms with E-state index < -0.39 is 5.60 Å². The first kappa shape index (κ1) is 8.01. The third kappa shape index (κ3) is 1.68. The van der Waals surface area contributed by atoms with Crippen molar-refractivity contribution in [2.75, 3.05) is 0 Å². The normalized spacial score (nSPS) is 11.5. The van der Waals surface area contributed by atoms with Crippen LogP contribution in [0.15, 0.2) is 18.5 Å². The molecule has 0 fully saturated rings. The zero-order chi connectivity index (χ0) is 8.48. The van der Waals surface area contributed by atoms with Gasteiger partial charge in [0, 0.05) is 11.8 Å². The summed E-state index contributed by atoms with van der Waals surface area (Å²) in [6, 6.07) is 1.59. The molecule has 1 heterocycles. The minimum Gasteiger partial charge on any atom is -0.506 e. The third-order valence-corrected chi connectivity index (χ3v) is 1.46. The van der Waals surface area contributed by atoms with Crippen LogP contribution in [0.25, 0.3) is 0 Å². The van der Waals surface area contributed by atoms with Crippen LogP contribution in [0.5, 0.6) is 5.75 Å². The Morgan fingerprint density at radius 3 is 2.45 bits per heavy atom. The summed E-state index contributed by atoms with van der Waals surface area (Å²) < 4.78 is 0. The molecule has 1 rings (SSSR count). The van der Waals surface area contributed by atoms with Gasteiger partial charge in [0.2, 0.25) is 0 Å². The predicted octanol–water partition coefficient (Wildman–Crippen LogP) is 1.01. The van der Waals surface area contributed by atoms with Crippen molar-refractivity contribution in [3.05, 3.63) is 24.0 Å². The first-order valence-corrected chi connectivity index (χ1v) is 3.37. The molecule has 0 unspecified atom stereocenters. The van der Waals surface area contributed by atoms with E-state index in [1.54, 1.807) is 19.9 Å². The van der Waals surface area contributed by atoms with Gasteiger partial charge in [-0.05, 0) is 19.9 Å². The Kier molecular flexibility index (Phi) is 1.83. The third-order valence-electron chi connectivity index (χ3n) is 1.46. The molecule has 3 nitrogen and oxygen atoms in total. The maximum atomic E-state index is 9.48. The SMILES string of the molecule is CC(C)(O)c1ccncc1O. The van der Waals surface area contributed by atoms with Crippen LogP contribution in [0, 0.1) is 0 Å². The van der Waals surface area contributed by atoms with Crippen LogP contribution in [0.4, 0.5) is 0 Å². The van der Waals surface area contributed by atoms with Crippen LogP contribution < -0.4 is 0 Å². The van der Waals surface area contributed by atoms with Gasteiger partial charge < -0.3 is 10.2 Å². The molecule has 11 heavy (non-hydrogen) atoms. The fraction of sp³-hybridized carbons (Fsp3) is 0.375. The summed E-state index contributed by atoms with van der Waals surface area (Å²) in [5, 5.41) is 18.7. The number of pyridine rings is 1. The van der Waals surface area contributed by atoms with Crippen LogP contribution in [-0.2, 0) is 5.60 Å². The maximum absolute atomic E-state index is 9.48. The van der Waals surface area contributed by atoms with E-state index in [1.807, 2.05) is 0 Å². The number of rotatable bonds is 1. The van der Waals surface area contributed by atoms with Gasteiger partial charge in [-0.1, -0.05) is 0 Å². The van der Waals surface area contributed by atoms with Crippen molar-refractivity contribution in [1.29, 1.82) is 0 Å². The summed E-state index contributed by atoms with van der Waals surface area (Å²) in [5.41, 5.74) is -0.514. The van der Waals surface area contributed by atoms with Gasteiger partial charge >= 0.3 is 0 Å². The predicted molar refractivity (Wildman–Crippen MR) is 41.1 cm³/mol. The van der Waals surface area contributed by atoms with Crippen molar-refractivity contribution >= 4 is 0 Å². The molecule has 0 aliphatic heterocycles. The fourth-order valence-corrected chi connectivity index (χ4v) is 0.903. The second kappa shape index (κ2) is 2.51. The lowest BCUT2D eigenvalue weighted by atomic mass is 9.99. The van der Waals surface area contributed by atoms with Crippen molar-refractivity contribution in [2.45, 2.75) is 19.4 Å². The molecule has 0 atom stereocenters. The van der Waals surface area contributed by atoms with Gasteiger partial charge in [-0.3, -0.25) is 4.98 Å².